The van der Waals surface area contributed by atoms with Crippen LogP contribution in [0.25, 0.3) is 22.3 Å². The average Bonchev–Trinajstić information content (AvgIpc) is 3.32. The molecule has 0 spiro atoms. The molecular formula is C51H56N8O5. The maximum Gasteiger partial charge on any atom is 0.251 e. The van der Waals surface area contributed by atoms with Crippen molar-refractivity contribution in [1.82, 2.24) is 30.6 Å². The zero-order valence-corrected chi connectivity index (χ0v) is 37.5. The molecule has 2 atom stereocenters. The molecule has 1 fully saturated rings. The lowest BCUT2D eigenvalue weighted by molar-refractivity contribution is -0.124. The van der Waals surface area contributed by atoms with E-state index in [0.717, 1.165) is 33.4 Å². The van der Waals surface area contributed by atoms with Gasteiger partial charge in [0, 0.05) is 79.4 Å². The van der Waals surface area contributed by atoms with Crippen LogP contribution in [0.2, 0.25) is 0 Å². The van der Waals surface area contributed by atoms with E-state index in [9.17, 15) is 19.2 Å². The van der Waals surface area contributed by atoms with E-state index in [1.807, 2.05) is 114 Å². The van der Waals surface area contributed by atoms with Gasteiger partial charge in [-0.2, -0.15) is 0 Å². The van der Waals surface area contributed by atoms with Crippen LogP contribution in [0.15, 0.2) is 122 Å². The van der Waals surface area contributed by atoms with Gasteiger partial charge in [0.25, 0.3) is 11.8 Å². The van der Waals surface area contributed by atoms with Crippen molar-refractivity contribution in [3.05, 3.63) is 156 Å². The van der Waals surface area contributed by atoms with E-state index in [1.54, 1.807) is 61.3 Å². The molecule has 0 aliphatic carbocycles. The van der Waals surface area contributed by atoms with Gasteiger partial charge in [0.05, 0.1) is 35.9 Å². The largest absolute Gasteiger partial charge is 0.381 e. The Bertz CT molecular complexity index is 2530. The molecule has 4 aromatic carbocycles. The van der Waals surface area contributed by atoms with Crippen molar-refractivity contribution >= 4 is 35.0 Å². The van der Waals surface area contributed by atoms with Crippen LogP contribution in [-0.4, -0.2) is 63.8 Å². The molecule has 7 rings (SSSR count). The summed E-state index contributed by atoms with van der Waals surface area (Å²) in [6.45, 7) is 12.6. The number of anilines is 2. The molecule has 13 heteroatoms. The van der Waals surface area contributed by atoms with Crippen molar-refractivity contribution in [3.63, 3.8) is 0 Å². The molecule has 4 amide bonds. The summed E-state index contributed by atoms with van der Waals surface area (Å²) in [7, 11) is 1.77. The number of hydrogen-bond donors (Lipinski definition) is 3. The van der Waals surface area contributed by atoms with E-state index in [-0.39, 0.29) is 47.5 Å². The van der Waals surface area contributed by atoms with Crippen LogP contribution in [0, 0.1) is 25.7 Å². The summed E-state index contributed by atoms with van der Waals surface area (Å²) in [5.74, 6) is -0.779. The number of nitrogens with zero attached hydrogens (tertiary/aromatic N) is 5. The zero-order chi connectivity index (χ0) is 45.8. The number of aryl methyl sites for hydroxylation is 2. The van der Waals surface area contributed by atoms with Crippen LogP contribution in [0.3, 0.4) is 0 Å². The molecule has 1 aliphatic heterocycles. The first-order chi connectivity index (χ1) is 30.7. The molecule has 2 aromatic heterocycles. The lowest BCUT2D eigenvalue weighted by Crippen LogP contribution is -2.36. The molecule has 3 heterocycles. The van der Waals surface area contributed by atoms with Gasteiger partial charge in [-0.05, 0) is 99.2 Å². The fourth-order valence-electron chi connectivity index (χ4n) is 7.00. The molecule has 0 radical (unpaired) electrons. The molecule has 1 saturated heterocycles. The second-order valence-electron chi connectivity index (χ2n) is 16.4. The van der Waals surface area contributed by atoms with Crippen LogP contribution >= 0.6 is 0 Å². The quantitative estimate of drug-likeness (QED) is 0.109. The first-order valence-electron chi connectivity index (χ1n) is 21.5. The number of hydrogen-bond acceptors (Lipinski definition) is 9. The highest BCUT2D eigenvalue weighted by molar-refractivity contribution is 6.01. The lowest BCUT2D eigenvalue weighted by Gasteiger charge is -2.27. The lowest BCUT2D eigenvalue weighted by atomic mass is 9.97. The minimum Gasteiger partial charge on any atom is -0.381 e. The second-order valence-corrected chi connectivity index (χ2v) is 16.4. The number of aromatic nitrogens is 4. The molecule has 0 bridgehead atoms. The summed E-state index contributed by atoms with van der Waals surface area (Å²) >= 11 is 0. The van der Waals surface area contributed by atoms with Gasteiger partial charge >= 0.3 is 0 Å². The summed E-state index contributed by atoms with van der Waals surface area (Å²) in [6, 6.07) is 26.6. The number of rotatable bonds is 12. The number of carbonyl (C=O) groups excluding carboxylic acids is 4. The van der Waals surface area contributed by atoms with Gasteiger partial charge in [-0.1, -0.05) is 73.5 Å². The van der Waals surface area contributed by atoms with Gasteiger partial charge in [-0.15, -0.1) is 0 Å². The topological polar surface area (TPSA) is 168 Å². The van der Waals surface area contributed by atoms with Crippen molar-refractivity contribution in [2.24, 2.45) is 11.8 Å². The fraction of sp³-hybridized carbons (Fsp3) is 0.294. The minimum atomic E-state index is -0.311. The summed E-state index contributed by atoms with van der Waals surface area (Å²) in [5, 5.41) is 8.85. The average molecular weight is 861 g/mol. The van der Waals surface area contributed by atoms with Gasteiger partial charge in [0.2, 0.25) is 11.8 Å². The van der Waals surface area contributed by atoms with E-state index in [2.05, 4.69) is 35.9 Å². The molecule has 6 aromatic rings. The van der Waals surface area contributed by atoms with Gasteiger partial charge in [-0.25, -0.2) is 0 Å². The standard InChI is InChI=1S/C27H30N4O3.C24H26N4O2/c1-18-4-6-20(7-5-18)22-14-23(26(32)30-19(2)25-17-28-10-11-29-25)16-24(15-22)31(3)27(33)21-8-12-34-13-9-21;1-15(2)23(29)28-21-12-19(18-7-5-16(3)6-8-18)11-20(13-21)24(30)27-17(4)22-14-25-9-10-26-22/h4-7,10-11,14-17,19,21H,8-9,12-13H2,1-3H3,(H,30,32);5-15,17H,1-4H3,(H,27,30)(H,28,29). The SMILES string of the molecule is Cc1ccc(-c2cc(C(=O)NC(C)c3cnccn3)cc(N(C)C(=O)C3CCOCC3)c2)cc1.Cc1ccc(-c2cc(NC(=O)C(C)C)cc(C(=O)NC(C)c3cnccn3)c2)cc1. The molecule has 0 saturated carbocycles. The van der Waals surface area contributed by atoms with E-state index in [4.69, 9.17) is 4.74 Å². The Labute approximate surface area is 375 Å². The molecule has 13 nitrogen and oxygen atoms in total. The highest BCUT2D eigenvalue weighted by atomic mass is 16.5. The Balaban J connectivity index is 0.000000214. The molecule has 2 unspecified atom stereocenters. The molecule has 330 valence electrons. The van der Waals surface area contributed by atoms with Crippen molar-refractivity contribution in [3.8, 4) is 22.3 Å². The molecule has 3 N–H and O–H groups in total. The Morgan fingerprint density at radius 3 is 1.58 bits per heavy atom. The maximum atomic E-state index is 13.2. The van der Waals surface area contributed by atoms with Gasteiger partial charge in [0.15, 0.2) is 0 Å². The maximum absolute atomic E-state index is 13.2. The third kappa shape index (κ3) is 12.5. The first-order valence-corrected chi connectivity index (χ1v) is 21.5. The highest BCUT2D eigenvalue weighted by Gasteiger charge is 2.26. The highest BCUT2D eigenvalue weighted by Crippen LogP contribution is 2.30. The molecule has 1 aliphatic rings. The van der Waals surface area contributed by atoms with Crippen LogP contribution in [0.5, 0.6) is 0 Å². The third-order valence-corrected chi connectivity index (χ3v) is 11.0. The number of nitrogens with one attached hydrogen (secondary N) is 3. The number of ether oxygens (including phenoxy) is 1. The second kappa shape index (κ2) is 21.8. The number of benzene rings is 4. The van der Waals surface area contributed by atoms with E-state index < -0.39 is 0 Å². The predicted molar refractivity (Wildman–Crippen MR) is 249 cm³/mol. The van der Waals surface area contributed by atoms with Crippen molar-refractivity contribution < 1.29 is 23.9 Å². The van der Waals surface area contributed by atoms with E-state index in [1.165, 1.54) is 0 Å². The van der Waals surface area contributed by atoms with E-state index >= 15 is 0 Å². The fourth-order valence-corrected chi connectivity index (χ4v) is 7.00. The van der Waals surface area contributed by atoms with Crippen LogP contribution in [0.1, 0.15) is 95.9 Å². The third-order valence-electron chi connectivity index (χ3n) is 11.0. The van der Waals surface area contributed by atoms with Crippen molar-refractivity contribution in [2.75, 3.05) is 30.5 Å². The normalized spacial score (nSPS) is 13.4. The molecule has 64 heavy (non-hydrogen) atoms. The first kappa shape index (κ1) is 46.4. The van der Waals surface area contributed by atoms with Gasteiger partial charge in [0.1, 0.15) is 0 Å². The number of carbonyl (C=O) groups is 4. The Morgan fingerprint density at radius 2 is 1.11 bits per heavy atom. The predicted octanol–water partition coefficient (Wildman–Crippen LogP) is 8.87. The van der Waals surface area contributed by atoms with Crippen molar-refractivity contribution in [2.45, 2.75) is 66.5 Å². The summed E-state index contributed by atoms with van der Waals surface area (Å²) in [6.07, 6.45) is 11.1. The van der Waals surface area contributed by atoms with E-state index in [0.29, 0.717) is 59.9 Å². The Morgan fingerprint density at radius 1 is 0.625 bits per heavy atom. The summed E-state index contributed by atoms with van der Waals surface area (Å²) in [5.41, 5.74) is 9.56. The van der Waals surface area contributed by atoms with Gasteiger partial charge in [-0.3, -0.25) is 39.1 Å². The zero-order valence-electron chi connectivity index (χ0n) is 37.5. The number of amides is 4. The van der Waals surface area contributed by atoms with Gasteiger partial charge < -0.3 is 25.6 Å². The Hall–Kier alpha value is -7.12. The summed E-state index contributed by atoms with van der Waals surface area (Å²) < 4.78 is 5.41. The Kier molecular flexibility index (Phi) is 15.8. The van der Waals surface area contributed by atoms with Crippen LogP contribution in [0.4, 0.5) is 11.4 Å². The molecular weight excluding hydrogens is 805 g/mol. The van der Waals surface area contributed by atoms with Crippen LogP contribution < -0.4 is 20.9 Å². The van der Waals surface area contributed by atoms with Crippen molar-refractivity contribution in [1.29, 1.82) is 0 Å². The smallest absolute Gasteiger partial charge is 0.251 e. The minimum absolute atomic E-state index is 0.0450. The van der Waals surface area contributed by atoms with Crippen LogP contribution in [-0.2, 0) is 14.3 Å². The summed E-state index contributed by atoms with van der Waals surface area (Å²) in [4.78, 5) is 69.9. The monoisotopic (exact) mass is 860 g/mol.